The van der Waals surface area contributed by atoms with Crippen molar-refractivity contribution in [3.63, 3.8) is 0 Å². The summed E-state index contributed by atoms with van der Waals surface area (Å²) >= 11 is 2.23. The second-order valence-electron chi connectivity index (χ2n) is 9.29. The molecule has 0 unspecified atom stereocenters. The van der Waals surface area contributed by atoms with Gasteiger partial charge < -0.3 is 19.5 Å². The maximum absolute atomic E-state index is 13.7. The second kappa shape index (κ2) is 10.6. The summed E-state index contributed by atoms with van der Waals surface area (Å²) in [5, 5.41) is 3.32. The van der Waals surface area contributed by atoms with E-state index in [1.54, 1.807) is 0 Å². The van der Waals surface area contributed by atoms with Crippen LogP contribution >= 0.6 is 22.6 Å². The monoisotopic (exact) mass is 621 g/mol. The molecule has 1 N–H and O–H groups in total. The lowest BCUT2D eigenvalue weighted by Crippen LogP contribution is -2.29. The number of halogens is 1. The molecule has 5 rings (SSSR count). The van der Waals surface area contributed by atoms with Gasteiger partial charge in [0.2, 0.25) is 0 Å². The zero-order chi connectivity index (χ0) is 27.0. The van der Waals surface area contributed by atoms with Crippen LogP contribution in [-0.4, -0.2) is 25.5 Å². The maximum Gasteiger partial charge on any atom is 0.336 e. The first-order chi connectivity index (χ1) is 18.3. The van der Waals surface area contributed by atoms with Crippen molar-refractivity contribution in [2.75, 3.05) is 13.7 Å². The largest absolute Gasteiger partial charge is 0.490 e. The van der Waals surface area contributed by atoms with Crippen molar-refractivity contribution in [2.45, 2.75) is 33.3 Å². The summed E-state index contributed by atoms with van der Waals surface area (Å²) < 4.78 is 18.3. The van der Waals surface area contributed by atoms with E-state index in [-0.39, 0.29) is 5.78 Å². The molecule has 0 fully saturated rings. The Balaban J connectivity index is 1.61. The minimum absolute atomic E-state index is 0.102. The maximum atomic E-state index is 13.7. The number of allylic oxidation sites excluding steroid dienone is 2. The molecule has 1 aliphatic heterocycles. The topological polar surface area (TPSA) is 73.9 Å². The molecule has 0 amide bonds. The molecular weight excluding hydrogens is 593 g/mol. The van der Waals surface area contributed by atoms with Gasteiger partial charge in [-0.05, 0) is 66.6 Å². The van der Waals surface area contributed by atoms with E-state index in [2.05, 4.69) is 40.0 Å². The van der Waals surface area contributed by atoms with E-state index in [1.165, 1.54) is 12.7 Å². The zero-order valence-electron chi connectivity index (χ0n) is 21.7. The van der Waals surface area contributed by atoms with Gasteiger partial charge in [-0.3, -0.25) is 4.79 Å². The standard InChI is InChI=1S/C31H28INO5/c1-5-37-24-15-20(14-23(32)30(24)38-16-19-12-10-17(2)11-13-19)26-25(31(35)36-4)18(3)33-28-21-8-6-7-9-22(21)29(34)27(26)28/h6-15,26,33H,5,16H2,1-4H3/t26-/m0/s1. The molecule has 0 radical (unpaired) electrons. The molecule has 0 saturated carbocycles. The van der Waals surface area contributed by atoms with Gasteiger partial charge in [-0.2, -0.15) is 0 Å². The number of fused-ring (bicyclic) bond motifs is 2. The molecule has 0 aromatic heterocycles. The van der Waals surface area contributed by atoms with Crippen LogP contribution in [-0.2, 0) is 16.1 Å². The van der Waals surface area contributed by atoms with Gasteiger partial charge >= 0.3 is 5.97 Å². The van der Waals surface area contributed by atoms with Crippen LogP contribution in [0.25, 0.3) is 5.70 Å². The lowest BCUT2D eigenvalue weighted by Gasteiger charge is -2.29. The third-order valence-corrected chi connectivity index (χ3v) is 7.62. The Bertz CT molecular complexity index is 1500. The van der Waals surface area contributed by atoms with Gasteiger partial charge in [0.25, 0.3) is 0 Å². The summed E-state index contributed by atoms with van der Waals surface area (Å²) in [7, 11) is 1.35. The smallest absolute Gasteiger partial charge is 0.336 e. The van der Waals surface area contributed by atoms with Crippen LogP contribution in [0.15, 0.2) is 77.5 Å². The summed E-state index contributed by atoms with van der Waals surface area (Å²) in [6.45, 7) is 6.62. The van der Waals surface area contributed by atoms with E-state index >= 15 is 0 Å². The molecule has 1 aliphatic carbocycles. The second-order valence-corrected chi connectivity index (χ2v) is 10.5. The number of carbonyl (C=O) groups is 2. The number of hydrogen-bond donors (Lipinski definition) is 1. The van der Waals surface area contributed by atoms with E-state index in [4.69, 9.17) is 14.2 Å². The van der Waals surface area contributed by atoms with Gasteiger partial charge in [0.1, 0.15) is 6.61 Å². The number of dihydropyridines is 1. The Kier molecular flexibility index (Phi) is 7.29. The lowest BCUT2D eigenvalue weighted by atomic mass is 9.79. The van der Waals surface area contributed by atoms with Crippen LogP contribution in [0.1, 0.15) is 52.4 Å². The predicted molar refractivity (Wildman–Crippen MR) is 154 cm³/mol. The number of carbonyl (C=O) groups excluding carboxylic acids is 2. The van der Waals surface area contributed by atoms with Crippen molar-refractivity contribution in [1.29, 1.82) is 0 Å². The minimum atomic E-state index is -0.627. The van der Waals surface area contributed by atoms with Crippen molar-refractivity contribution in [1.82, 2.24) is 5.32 Å². The SMILES string of the molecule is CCOc1cc([C@H]2C(C(=O)OC)=C(C)NC3=C2C(=O)c2ccccc23)cc(I)c1OCc1ccc(C)cc1. The Labute approximate surface area is 235 Å². The molecule has 6 nitrogen and oxygen atoms in total. The van der Waals surface area contributed by atoms with Crippen molar-refractivity contribution in [2.24, 2.45) is 0 Å². The first-order valence-corrected chi connectivity index (χ1v) is 13.5. The highest BCUT2D eigenvalue weighted by Crippen LogP contribution is 2.48. The van der Waals surface area contributed by atoms with E-state index in [9.17, 15) is 9.59 Å². The predicted octanol–water partition coefficient (Wildman–Crippen LogP) is 6.32. The molecule has 1 atom stereocenters. The average Bonchev–Trinajstić information content (AvgIpc) is 3.19. The van der Waals surface area contributed by atoms with Crippen molar-refractivity contribution >= 4 is 40.0 Å². The number of nitrogens with one attached hydrogen (secondary N) is 1. The third kappa shape index (κ3) is 4.60. The van der Waals surface area contributed by atoms with E-state index < -0.39 is 11.9 Å². The van der Waals surface area contributed by atoms with Crippen molar-refractivity contribution < 1.29 is 23.8 Å². The fourth-order valence-corrected chi connectivity index (χ4v) is 5.82. The number of ketones is 1. The highest BCUT2D eigenvalue weighted by molar-refractivity contribution is 14.1. The molecular formula is C31H28INO5. The van der Waals surface area contributed by atoms with Gasteiger partial charge in [-0.15, -0.1) is 0 Å². The number of Topliss-reactive ketones (excluding diaryl/α,β-unsaturated/α-hetero) is 1. The first-order valence-electron chi connectivity index (χ1n) is 12.4. The average molecular weight is 621 g/mol. The summed E-state index contributed by atoms with van der Waals surface area (Å²) in [4.78, 5) is 26.8. The normalized spacial score (nSPS) is 16.1. The fraction of sp³-hybridized carbons (Fsp3) is 0.226. The van der Waals surface area contributed by atoms with E-state index in [1.807, 2.05) is 69.3 Å². The highest BCUT2D eigenvalue weighted by Gasteiger charge is 2.43. The van der Waals surface area contributed by atoms with Crippen LogP contribution in [0.5, 0.6) is 11.5 Å². The molecule has 0 spiro atoms. The highest BCUT2D eigenvalue weighted by atomic mass is 127. The van der Waals surface area contributed by atoms with Crippen molar-refractivity contribution in [3.8, 4) is 11.5 Å². The van der Waals surface area contributed by atoms with Crippen LogP contribution in [0.3, 0.4) is 0 Å². The number of rotatable bonds is 7. The number of hydrogen-bond acceptors (Lipinski definition) is 6. The Morgan fingerprint density at radius 2 is 1.71 bits per heavy atom. The molecule has 3 aromatic carbocycles. The third-order valence-electron chi connectivity index (χ3n) is 6.82. The summed E-state index contributed by atoms with van der Waals surface area (Å²) in [5.41, 5.74) is 6.76. The summed E-state index contributed by atoms with van der Waals surface area (Å²) in [5.74, 6) is -0.0246. The summed E-state index contributed by atoms with van der Waals surface area (Å²) in [6, 6.07) is 19.5. The van der Waals surface area contributed by atoms with Gasteiger partial charge in [0.05, 0.1) is 28.6 Å². The Morgan fingerprint density at radius 1 is 1.00 bits per heavy atom. The number of benzene rings is 3. The van der Waals surface area contributed by atoms with Crippen molar-refractivity contribution in [3.05, 3.63) is 109 Å². The lowest BCUT2D eigenvalue weighted by molar-refractivity contribution is -0.136. The van der Waals surface area contributed by atoms with Crippen LogP contribution in [0.2, 0.25) is 0 Å². The number of aryl methyl sites for hydroxylation is 1. The van der Waals surface area contributed by atoms with Gasteiger partial charge in [0, 0.05) is 28.3 Å². The van der Waals surface area contributed by atoms with E-state index in [0.717, 1.165) is 26.0 Å². The Hall–Kier alpha value is -3.59. The summed E-state index contributed by atoms with van der Waals surface area (Å²) in [6.07, 6.45) is 0. The molecule has 7 heteroatoms. The molecule has 194 valence electrons. The molecule has 38 heavy (non-hydrogen) atoms. The van der Waals surface area contributed by atoms with Gasteiger partial charge in [-0.1, -0.05) is 54.1 Å². The van der Waals surface area contributed by atoms with Crippen LogP contribution in [0.4, 0.5) is 0 Å². The number of esters is 1. The Morgan fingerprint density at radius 3 is 2.39 bits per heavy atom. The fourth-order valence-electron chi connectivity index (χ4n) is 5.04. The molecule has 1 heterocycles. The molecule has 0 saturated heterocycles. The minimum Gasteiger partial charge on any atom is -0.490 e. The first kappa shape index (κ1) is 26.0. The van der Waals surface area contributed by atoms with Gasteiger partial charge in [-0.25, -0.2) is 4.79 Å². The van der Waals surface area contributed by atoms with Crippen LogP contribution in [0, 0.1) is 10.5 Å². The number of ether oxygens (including phenoxy) is 3. The van der Waals surface area contributed by atoms with Crippen LogP contribution < -0.4 is 14.8 Å². The number of methoxy groups -OCH3 is 1. The molecule has 3 aromatic rings. The molecule has 2 aliphatic rings. The van der Waals surface area contributed by atoms with E-state index in [0.29, 0.717) is 47.1 Å². The molecule has 0 bridgehead atoms. The zero-order valence-corrected chi connectivity index (χ0v) is 23.8. The quantitative estimate of drug-likeness (QED) is 0.246. The van der Waals surface area contributed by atoms with Gasteiger partial charge in [0.15, 0.2) is 17.3 Å².